The number of nitrogens with zero attached hydrogens (tertiary/aromatic N) is 2. The van der Waals surface area contributed by atoms with Gasteiger partial charge in [-0.05, 0) is 25.5 Å². The van der Waals surface area contributed by atoms with E-state index >= 15 is 0 Å². The summed E-state index contributed by atoms with van der Waals surface area (Å²) >= 11 is 0. The molecule has 0 N–H and O–H groups in total. The zero-order chi connectivity index (χ0) is 13.1. The summed E-state index contributed by atoms with van der Waals surface area (Å²) in [5.74, 6) is -0.413. The van der Waals surface area contributed by atoms with E-state index in [2.05, 4.69) is 4.98 Å². The van der Waals surface area contributed by atoms with E-state index in [0.29, 0.717) is 17.8 Å². The summed E-state index contributed by atoms with van der Waals surface area (Å²) in [4.78, 5) is 27.7. The van der Waals surface area contributed by atoms with Gasteiger partial charge in [-0.15, -0.1) is 0 Å². The lowest BCUT2D eigenvalue weighted by atomic mass is 10.2. The van der Waals surface area contributed by atoms with Crippen molar-refractivity contribution in [2.24, 2.45) is 0 Å². The standard InChI is InChI=1S/C13H14N2O3/c1-3-18-11(16)7-10-8-14-12-9(2)5-4-6-15(12)13(10)17/h4-6,8H,3,7H2,1-2H3. The molecule has 94 valence electrons. The summed E-state index contributed by atoms with van der Waals surface area (Å²) in [6, 6.07) is 3.66. The maximum absolute atomic E-state index is 12.1. The van der Waals surface area contributed by atoms with E-state index in [0.717, 1.165) is 5.56 Å². The van der Waals surface area contributed by atoms with Crippen LogP contribution in [0.5, 0.6) is 0 Å². The van der Waals surface area contributed by atoms with E-state index in [-0.39, 0.29) is 12.0 Å². The smallest absolute Gasteiger partial charge is 0.310 e. The zero-order valence-corrected chi connectivity index (χ0v) is 10.3. The molecule has 5 nitrogen and oxygen atoms in total. The summed E-state index contributed by atoms with van der Waals surface area (Å²) in [5.41, 5.74) is 1.64. The predicted octanol–water partition coefficient (Wildman–Crippen LogP) is 1.11. The minimum absolute atomic E-state index is 0.0451. The molecule has 0 atom stereocenters. The third-order valence-corrected chi connectivity index (χ3v) is 2.64. The Kier molecular flexibility index (Phi) is 3.41. The van der Waals surface area contributed by atoms with Crippen LogP contribution in [0.15, 0.2) is 29.3 Å². The number of ether oxygens (including phenoxy) is 1. The number of rotatable bonds is 3. The summed E-state index contributed by atoms with van der Waals surface area (Å²) in [5, 5.41) is 0. The molecule has 0 saturated carbocycles. The number of hydrogen-bond acceptors (Lipinski definition) is 4. The van der Waals surface area contributed by atoms with Gasteiger partial charge in [0.15, 0.2) is 0 Å². The molecule has 2 aromatic rings. The highest BCUT2D eigenvalue weighted by molar-refractivity contribution is 5.72. The molecule has 0 saturated heterocycles. The van der Waals surface area contributed by atoms with Crippen molar-refractivity contribution in [2.45, 2.75) is 20.3 Å². The molecule has 2 heterocycles. The first-order valence-electron chi connectivity index (χ1n) is 5.75. The Morgan fingerprint density at radius 3 is 3.00 bits per heavy atom. The van der Waals surface area contributed by atoms with E-state index in [9.17, 15) is 9.59 Å². The average molecular weight is 246 g/mol. The number of hydrogen-bond donors (Lipinski definition) is 0. The summed E-state index contributed by atoms with van der Waals surface area (Å²) < 4.78 is 6.27. The Labute approximate surface area is 104 Å². The molecule has 0 amide bonds. The van der Waals surface area contributed by atoms with Crippen molar-refractivity contribution in [2.75, 3.05) is 6.61 Å². The highest BCUT2D eigenvalue weighted by Gasteiger charge is 2.10. The molecule has 0 bridgehead atoms. The van der Waals surface area contributed by atoms with Gasteiger partial charge in [0, 0.05) is 18.0 Å². The van der Waals surface area contributed by atoms with E-state index in [1.54, 1.807) is 19.2 Å². The summed E-state index contributed by atoms with van der Waals surface area (Å²) in [7, 11) is 0. The van der Waals surface area contributed by atoms with Gasteiger partial charge in [-0.2, -0.15) is 0 Å². The van der Waals surface area contributed by atoms with Crippen LogP contribution in [-0.2, 0) is 16.0 Å². The topological polar surface area (TPSA) is 60.7 Å². The largest absolute Gasteiger partial charge is 0.466 e. The SMILES string of the molecule is CCOC(=O)Cc1cnc2c(C)cccn2c1=O. The Morgan fingerprint density at radius 2 is 2.28 bits per heavy atom. The number of carbonyl (C=O) groups is 1. The first kappa shape index (κ1) is 12.3. The second-order valence-corrected chi connectivity index (χ2v) is 3.96. The fourth-order valence-electron chi connectivity index (χ4n) is 1.77. The van der Waals surface area contributed by atoms with Crippen molar-refractivity contribution in [1.82, 2.24) is 9.38 Å². The van der Waals surface area contributed by atoms with Crippen LogP contribution >= 0.6 is 0 Å². The zero-order valence-electron chi connectivity index (χ0n) is 10.3. The van der Waals surface area contributed by atoms with Crippen LogP contribution < -0.4 is 5.56 Å². The number of esters is 1. The van der Waals surface area contributed by atoms with Gasteiger partial charge in [0.2, 0.25) is 0 Å². The molecule has 0 fully saturated rings. The fraction of sp³-hybridized carbons (Fsp3) is 0.308. The van der Waals surface area contributed by atoms with Crippen LogP contribution in [0.25, 0.3) is 5.65 Å². The van der Waals surface area contributed by atoms with E-state index in [4.69, 9.17) is 4.74 Å². The molecule has 0 radical (unpaired) electrons. The fourth-order valence-corrected chi connectivity index (χ4v) is 1.77. The molecule has 5 heteroatoms. The predicted molar refractivity (Wildman–Crippen MR) is 66.5 cm³/mol. The minimum atomic E-state index is -0.413. The quantitative estimate of drug-likeness (QED) is 0.761. The molecule has 0 spiro atoms. The number of fused-ring (bicyclic) bond motifs is 1. The van der Waals surface area contributed by atoms with Crippen LogP contribution in [0, 0.1) is 6.92 Å². The lowest BCUT2D eigenvalue weighted by molar-refractivity contribution is -0.142. The molecule has 2 aromatic heterocycles. The Balaban J connectivity index is 2.46. The second-order valence-electron chi connectivity index (χ2n) is 3.96. The molecule has 0 aliphatic carbocycles. The van der Waals surface area contributed by atoms with Crippen molar-refractivity contribution in [3.8, 4) is 0 Å². The second kappa shape index (κ2) is 5.00. The monoisotopic (exact) mass is 246 g/mol. The first-order valence-corrected chi connectivity index (χ1v) is 5.75. The minimum Gasteiger partial charge on any atom is -0.466 e. The van der Waals surface area contributed by atoms with E-state index < -0.39 is 5.97 Å². The van der Waals surface area contributed by atoms with Gasteiger partial charge in [-0.3, -0.25) is 14.0 Å². The van der Waals surface area contributed by atoms with Crippen molar-refractivity contribution in [3.05, 3.63) is 46.0 Å². The van der Waals surface area contributed by atoms with Crippen LogP contribution in [0.3, 0.4) is 0 Å². The van der Waals surface area contributed by atoms with Crippen molar-refractivity contribution >= 4 is 11.6 Å². The maximum atomic E-state index is 12.1. The molecule has 0 aromatic carbocycles. The molecule has 0 unspecified atom stereocenters. The number of pyridine rings is 1. The van der Waals surface area contributed by atoms with Gasteiger partial charge in [0.25, 0.3) is 5.56 Å². The number of carbonyl (C=O) groups excluding carboxylic acids is 1. The lowest BCUT2D eigenvalue weighted by Crippen LogP contribution is -2.22. The summed E-state index contributed by atoms with van der Waals surface area (Å²) in [6.07, 6.45) is 3.05. The molecule has 18 heavy (non-hydrogen) atoms. The van der Waals surface area contributed by atoms with Crippen LogP contribution in [-0.4, -0.2) is 22.0 Å². The Hall–Kier alpha value is -2.17. The van der Waals surface area contributed by atoms with E-state index in [1.165, 1.54) is 10.6 Å². The Morgan fingerprint density at radius 1 is 1.50 bits per heavy atom. The highest BCUT2D eigenvalue weighted by atomic mass is 16.5. The van der Waals surface area contributed by atoms with Gasteiger partial charge in [-0.25, -0.2) is 4.98 Å². The van der Waals surface area contributed by atoms with Crippen LogP contribution in [0.2, 0.25) is 0 Å². The van der Waals surface area contributed by atoms with Gasteiger partial charge in [0.05, 0.1) is 13.0 Å². The van der Waals surface area contributed by atoms with Crippen molar-refractivity contribution in [3.63, 3.8) is 0 Å². The molecule has 0 aliphatic heterocycles. The van der Waals surface area contributed by atoms with Gasteiger partial charge < -0.3 is 4.74 Å². The number of aryl methyl sites for hydroxylation is 1. The van der Waals surface area contributed by atoms with Crippen LogP contribution in [0.4, 0.5) is 0 Å². The van der Waals surface area contributed by atoms with Crippen molar-refractivity contribution < 1.29 is 9.53 Å². The summed E-state index contributed by atoms with van der Waals surface area (Å²) in [6.45, 7) is 3.92. The van der Waals surface area contributed by atoms with Crippen molar-refractivity contribution in [1.29, 1.82) is 0 Å². The van der Waals surface area contributed by atoms with Crippen LogP contribution in [0.1, 0.15) is 18.1 Å². The third kappa shape index (κ3) is 2.25. The molecule has 0 aliphatic rings. The normalized spacial score (nSPS) is 10.6. The van der Waals surface area contributed by atoms with Gasteiger partial charge in [-0.1, -0.05) is 6.07 Å². The highest BCUT2D eigenvalue weighted by Crippen LogP contribution is 2.05. The average Bonchev–Trinajstić information content (AvgIpc) is 2.34. The first-order chi connectivity index (χ1) is 8.63. The third-order valence-electron chi connectivity index (χ3n) is 2.64. The molecular formula is C13H14N2O3. The number of aromatic nitrogens is 2. The Bertz CT molecular complexity index is 646. The van der Waals surface area contributed by atoms with Gasteiger partial charge in [0.1, 0.15) is 5.65 Å². The molecular weight excluding hydrogens is 232 g/mol. The van der Waals surface area contributed by atoms with Gasteiger partial charge >= 0.3 is 5.97 Å². The lowest BCUT2D eigenvalue weighted by Gasteiger charge is -2.05. The van der Waals surface area contributed by atoms with E-state index in [1.807, 2.05) is 13.0 Å². The molecule has 2 rings (SSSR count). The maximum Gasteiger partial charge on any atom is 0.310 e.